The smallest absolute Gasteiger partial charge is 0.249 e. The van der Waals surface area contributed by atoms with Gasteiger partial charge in [0.1, 0.15) is 0 Å². The fourth-order valence-electron chi connectivity index (χ4n) is 2.00. The van der Waals surface area contributed by atoms with Crippen molar-refractivity contribution in [3.05, 3.63) is 57.3 Å². The monoisotopic (exact) mass is 274 g/mol. The maximum Gasteiger partial charge on any atom is 0.249 e. The van der Waals surface area contributed by atoms with Crippen LogP contribution in [0.2, 0.25) is 0 Å². The molecular weight excluding hydrogens is 256 g/mol. The normalized spacial score (nSPS) is 10.6. The van der Waals surface area contributed by atoms with E-state index in [1.165, 1.54) is 11.1 Å². The van der Waals surface area contributed by atoms with Crippen LogP contribution in [-0.2, 0) is 19.5 Å². The number of aryl methyl sites for hydroxylation is 1. The van der Waals surface area contributed by atoms with Crippen LogP contribution in [0, 0.1) is 0 Å². The van der Waals surface area contributed by atoms with Crippen molar-refractivity contribution in [1.82, 2.24) is 5.32 Å². The first-order chi connectivity index (χ1) is 9.20. The van der Waals surface area contributed by atoms with Gasteiger partial charge in [-0.3, -0.25) is 4.79 Å². The Morgan fingerprint density at radius 3 is 2.63 bits per heavy atom. The first kappa shape index (κ1) is 13.8. The van der Waals surface area contributed by atoms with Crippen LogP contribution in [-0.4, -0.2) is 5.91 Å². The number of benzene rings is 1. The summed E-state index contributed by atoms with van der Waals surface area (Å²) in [7, 11) is 0. The highest BCUT2D eigenvalue weighted by atomic mass is 32.1. The summed E-state index contributed by atoms with van der Waals surface area (Å²) in [6.45, 7) is 3.76. The maximum atomic E-state index is 11.0. The maximum absolute atomic E-state index is 11.0. The van der Waals surface area contributed by atoms with Crippen LogP contribution in [0.1, 0.15) is 33.3 Å². The zero-order chi connectivity index (χ0) is 13.7. The minimum Gasteiger partial charge on any atom is -0.366 e. The van der Waals surface area contributed by atoms with Crippen LogP contribution in [0.25, 0.3) is 0 Å². The third-order valence-electron chi connectivity index (χ3n) is 3.05. The third-order valence-corrected chi connectivity index (χ3v) is 3.99. The lowest BCUT2D eigenvalue weighted by molar-refractivity contribution is 0.100. The van der Waals surface area contributed by atoms with Gasteiger partial charge in [0.15, 0.2) is 0 Å². The van der Waals surface area contributed by atoms with E-state index in [9.17, 15) is 4.79 Å². The van der Waals surface area contributed by atoms with E-state index in [2.05, 4.69) is 36.5 Å². The van der Waals surface area contributed by atoms with Crippen LogP contribution in [0.3, 0.4) is 0 Å². The number of hydrogen-bond donors (Lipinski definition) is 2. The van der Waals surface area contributed by atoms with E-state index in [0.29, 0.717) is 5.56 Å². The third kappa shape index (κ3) is 3.66. The van der Waals surface area contributed by atoms with E-state index in [4.69, 9.17) is 5.73 Å². The van der Waals surface area contributed by atoms with E-state index >= 15 is 0 Å². The summed E-state index contributed by atoms with van der Waals surface area (Å²) in [5.41, 5.74) is 8.53. The molecule has 19 heavy (non-hydrogen) atoms. The average Bonchev–Trinajstić information content (AvgIpc) is 2.88. The Kier molecular flexibility index (Phi) is 4.71. The minimum atomic E-state index is -0.362. The second kappa shape index (κ2) is 6.50. The molecule has 1 heterocycles. The first-order valence-corrected chi connectivity index (χ1v) is 7.23. The van der Waals surface area contributed by atoms with Gasteiger partial charge in [0.2, 0.25) is 5.91 Å². The minimum absolute atomic E-state index is 0.362. The van der Waals surface area contributed by atoms with E-state index in [1.54, 1.807) is 16.7 Å². The molecule has 2 aromatic rings. The van der Waals surface area contributed by atoms with Gasteiger partial charge in [-0.15, -0.1) is 11.3 Å². The Hall–Kier alpha value is -1.65. The summed E-state index contributed by atoms with van der Waals surface area (Å²) >= 11 is 1.56. The molecule has 0 saturated carbocycles. The molecule has 0 unspecified atom stereocenters. The van der Waals surface area contributed by atoms with E-state index < -0.39 is 0 Å². The number of rotatable bonds is 6. The van der Waals surface area contributed by atoms with E-state index in [0.717, 1.165) is 24.4 Å². The number of thiophene rings is 1. The molecular formula is C15H18N2OS. The van der Waals surface area contributed by atoms with Crippen LogP contribution < -0.4 is 11.1 Å². The summed E-state index contributed by atoms with van der Waals surface area (Å²) in [5, 5.41) is 5.21. The number of amides is 1. The molecule has 1 amide bonds. The van der Waals surface area contributed by atoms with Crippen molar-refractivity contribution >= 4 is 17.2 Å². The molecule has 100 valence electrons. The molecule has 1 aromatic heterocycles. The second-order valence-electron chi connectivity index (χ2n) is 4.39. The number of primary amides is 1. The average molecular weight is 274 g/mol. The first-order valence-electron chi connectivity index (χ1n) is 6.35. The van der Waals surface area contributed by atoms with Gasteiger partial charge in [-0.1, -0.05) is 31.2 Å². The van der Waals surface area contributed by atoms with Gasteiger partial charge in [0.05, 0.1) is 5.56 Å². The lowest BCUT2D eigenvalue weighted by Gasteiger charge is -2.08. The largest absolute Gasteiger partial charge is 0.366 e. The summed E-state index contributed by atoms with van der Waals surface area (Å²) in [6.07, 6.45) is 1.04. The molecule has 0 aliphatic carbocycles. The molecule has 0 aliphatic heterocycles. The van der Waals surface area contributed by atoms with Gasteiger partial charge in [0, 0.05) is 23.3 Å². The Morgan fingerprint density at radius 2 is 2.00 bits per heavy atom. The highest BCUT2D eigenvalue weighted by Gasteiger charge is 2.05. The number of carbonyl (C=O) groups is 1. The second-order valence-corrected chi connectivity index (χ2v) is 5.39. The van der Waals surface area contributed by atoms with Gasteiger partial charge in [0.25, 0.3) is 0 Å². The highest BCUT2D eigenvalue weighted by molar-refractivity contribution is 7.10. The zero-order valence-electron chi connectivity index (χ0n) is 11.0. The SMILES string of the molecule is CCc1ccccc1CNCc1cc(C(N)=O)cs1. The number of carbonyl (C=O) groups excluding carboxylic acids is 1. The topological polar surface area (TPSA) is 55.1 Å². The van der Waals surface area contributed by atoms with Crippen LogP contribution in [0.5, 0.6) is 0 Å². The molecule has 0 bridgehead atoms. The molecule has 1 aromatic carbocycles. The predicted octanol–water partition coefficient (Wildman–Crippen LogP) is 2.70. The Labute approximate surface area is 117 Å². The lowest BCUT2D eigenvalue weighted by Crippen LogP contribution is -2.13. The van der Waals surface area contributed by atoms with Crippen molar-refractivity contribution in [2.45, 2.75) is 26.4 Å². The van der Waals surface area contributed by atoms with Crippen LogP contribution in [0.4, 0.5) is 0 Å². The van der Waals surface area contributed by atoms with E-state index in [-0.39, 0.29) is 5.91 Å². The van der Waals surface area contributed by atoms with Crippen LogP contribution >= 0.6 is 11.3 Å². The van der Waals surface area contributed by atoms with Gasteiger partial charge in [-0.2, -0.15) is 0 Å². The molecule has 0 atom stereocenters. The van der Waals surface area contributed by atoms with Gasteiger partial charge >= 0.3 is 0 Å². The van der Waals surface area contributed by atoms with Crippen molar-refractivity contribution in [2.24, 2.45) is 5.73 Å². The molecule has 0 aliphatic rings. The molecule has 3 N–H and O–H groups in total. The highest BCUT2D eigenvalue weighted by Crippen LogP contribution is 2.15. The molecule has 0 fully saturated rings. The van der Waals surface area contributed by atoms with E-state index in [1.807, 2.05) is 6.07 Å². The Morgan fingerprint density at radius 1 is 1.26 bits per heavy atom. The fraction of sp³-hybridized carbons (Fsp3) is 0.267. The number of hydrogen-bond acceptors (Lipinski definition) is 3. The van der Waals surface area contributed by atoms with Crippen molar-refractivity contribution in [1.29, 1.82) is 0 Å². The number of nitrogens with one attached hydrogen (secondary N) is 1. The Balaban J connectivity index is 1.90. The summed E-state index contributed by atoms with van der Waals surface area (Å²) < 4.78 is 0. The lowest BCUT2D eigenvalue weighted by atomic mass is 10.1. The van der Waals surface area contributed by atoms with Crippen molar-refractivity contribution in [3.63, 3.8) is 0 Å². The molecule has 0 radical (unpaired) electrons. The standard InChI is InChI=1S/C15H18N2OS/c1-2-11-5-3-4-6-12(11)8-17-9-14-7-13(10-19-14)15(16)18/h3-7,10,17H,2,8-9H2,1H3,(H2,16,18). The van der Waals surface area contributed by atoms with Gasteiger partial charge in [-0.05, 0) is 23.6 Å². The quantitative estimate of drug-likeness (QED) is 0.851. The van der Waals surface area contributed by atoms with Crippen molar-refractivity contribution in [3.8, 4) is 0 Å². The zero-order valence-corrected chi connectivity index (χ0v) is 11.8. The fourth-order valence-corrected chi connectivity index (χ4v) is 2.84. The molecule has 3 nitrogen and oxygen atoms in total. The molecule has 0 spiro atoms. The van der Waals surface area contributed by atoms with Crippen LogP contribution in [0.15, 0.2) is 35.7 Å². The van der Waals surface area contributed by atoms with Crippen molar-refractivity contribution in [2.75, 3.05) is 0 Å². The Bertz CT molecular complexity index is 563. The van der Waals surface area contributed by atoms with Gasteiger partial charge < -0.3 is 11.1 Å². The number of nitrogens with two attached hydrogens (primary N) is 1. The van der Waals surface area contributed by atoms with Gasteiger partial charge in [-0.25, -0.2) is 0 Å². The predicted molar refractivity (Wildman–Crippen MR) is 79.2 cm³/mol. The molecule has 4 heteroatoms. The molecule has 2 rings (SSSR count). The van der Waals surface area contributed by atoms with Crippen molar-refractivity contribution < 1.29 is 4.79 Å². The molecule has 0 saturated heterocycles. The summed E-state index contributed by atoms with van der Waals surface area (Å²) in [5.74, 6) is -0.362. The summed E-state index contributed by atoms with van der Waals surface area (Å²) in [4.78, 5) is 12.1. The summed E-state index contributed by atoms with van der Waals surface area (Å²) in [6, 6.07) is 10.3.